The van der Waals surface area contributed by atoms with Gasteiger partial charge in [-0.15, -0.1) is 0 Å². The molecule has 1 N–H and O–H groups in total. The number of fused-ring (bicyclic) bond motifs is 1. The topological polar surface area (TPSA) is 73.0 Å². The van der Waals surface area contributed by atoms with Gasteiger partial charge in [-0.1, -0.05) is 41.6 Å². The van der Waals surface area contributed by atoms with Crippen LogP contribution in [0.5, 0.6) is 0 Å². The molecule has 0 aliphatic heterocycles. The van der Waals surface area contributed by atoms with Gasteiger partial charge in [-0.3, -0.25) is 4.79 Å². The van der Waals surface area contributed by atoms with Crippen molar-refractivity contribution in [1.82, 2.24) is 20.0 Å². The zero-order valence-electron chi connectivity index (χ0n) is 16.1. The van der Waals surface area contributed by atoms with E-state index in [2.05, 4.69) is 15.5 Å². The number of hydrogen-bond donors (Lipinski definition) is 1. The molecule has 2 aromatic heterocycles. The standard InChI is InChI=1S/C22H21FN4O2/c1-15-25-21(29-26-15)11-6-12-24-22(28)20-13-16-7-3-5-10-19(16)27(20)14-17-8-2-4-9-18(17)23/h2-5,7-10,13H,6,11-12,14H2,1H3,(H,24,28). The van der Waals surface area contributed by atoms with E-state index in [-0.39, 0.29) is 18.3 Å². The summed E-state index contributed by atoms with van der Waals surface area (Å²) in [5, 5.41) is 7.63. The number of hydrogen-bond acceptors (Lipinski definition) is 4. The summed E-state index contributed by atoms with van der Waals surface area (Å²) in [5.41, 5.74) is 1.93. The monoisotopic (exact) mass is 392 g/mol. The fraction of sp³-hybridized carbons (Fsp3) is 0.227. The Morgan fingerprint density at radius 2 is 1.97 bits per heavy atom. The third-order valence-corrected chi connectivity index (χ3v) is 4.75. The van der Waals surface area contributed by atoms with Gasteiger partial charge in [0, 0.05) is 29.4 Å². The van der Waals surface area contributed by atoms with Crippen molar-refractivity contribution in [3.8, 4) is 0 Å². The molecule has 0 saturated heterocycles. The van der Waals surface area contributed by atoms with E-state index in [1.54, 1.807) is 25.1 Å². The highest BCUT2D eigenvalue weighted by atomic mass is 19.1. The number of benzene rings is 2. The average Bonchev–Trinajstić information content (AvgIpc) is 3.30. The maximum Gasteiger partial charge on any atom is 0.267 e. The lowest BCUT2D eigenvalue weighted by Gasteiger charge is -2.12. The number of halogens is 1. The smallest absolute Gasteiger partial charge is 0.267 e. The lowest BCUT2D eigenvalue weighted by Crippen LogP contribution is -2.27. The van der Waals surface area contributed by atoms with Gasteiger partial charge in [-0.25, -0.2) is 4.39 Å². The fourth-order valence-electron chi connectivity index (χ4n) is 3.34. The Bertz CT molecular complexity index is 1150. The van der Waals surface area contributed by atoms with Crippen LogP contribution in [0.2, 0.25) is 0 Å². The van der Waals surface area contributed by atoms with Gasteiger partial charge in [0.15, 0.2) is 5.82 Å². The van der Waals surface area contributed by atoms with Crippen LogP contribution in [-0.4, -0.2) is 27.2 Å². The van der Waals surface area contributed by atoms with Gasteiger partial charge in [0.1, 0.15) is 11.5 Å². The van der Waals surface area contributed by atoms with E-state index in [4.69, 9.17) is 4.52 Å². The van der Waals surface area contributed by atoms with Crippen LogP contribution in [0, 0.1) is 12.7 Å². The first-order valence-corrected chi connectivity index (χ1v) is 9.51. The van der Waals surface area contributed by atoms with E-state index in [0.29, 0.717) is 42.4 Å². The molecule has 6 nitrogen and oxygen atoms in total. The van der Waals surface area contributed by atoms with E-state index in [9.17, 15) is 9.18 Å². The minimum absolute atomic E-state index is 0.195. The summed E-state index contributed by atoms with van der Waals surface area (Å²) >= 11 is 0. The molecule has 148 valence electrons. The molecule has 0 atom stereocenters. The molecule has 0 spiro atoms. The van der Waals surface area contributed by atoms with E-state index < -0.39 is 0 Å². The molecule has 0 unspecified atom stereocenters. The van der Waals surface area contributed by atoms with Crippen LogP contribution in [0.1, 0.15) is 34.2 Å². The molecule has 0 radical (unpaired) electrons. The van der Waals surface area contributed by atoms with E-state index in [1.807, 2.05) is 34.9 Å². The second-order valence-electron chi connectivity index (χ2n) is 6.86. The van der Waals surface area contributed by atoms with Crippen molar-refractivity contribution in [3.05, 3.63) is 83.4 Å². The number of rotatable bonds is 7. The van der Waals surface area contributed by atoms with Crippen LogP contribution in [0.25, 0.3) is 10.9 Å². The van der Waals surface area contributed by atoms with Crippen molar-refractivity contribution in [1.29, 1.82) is 0 Å². The van der Waals surface area contributed by atoms with Crippen LogP contribution in [0.4, 0.5) is 4.39 Å². The van der Waals surface area contributed by atoms with Crippen LogP contribution < -0.4 is 5.32 Å². The van der Waals surface area contributed by atoms with Crippen molar-refractivity contribution >= 4 is 16.8 Å². The molecule has 29 heavy (non-hydrogen) atoms. The lowest BCUT2D eigenvalue weighted by molar-refractivity contribution is 0.0944. The largest absolute Gasteiger partial charge is 0.351 e. The zero-order chi connectivity index (χ0) is 20.2. The minimum Gasteiger partial charge on any atom is -0.351 e. The van der Waals surface area contributed by atoms with Gasteiger partial charge in [0.2, 0.25) is 5.89 Å². The van der Waals surface area contributed by atoms with Gasteiger partial charge >= 0.3 is 0 Å². The first-order valence-electron chi connectivity index (χ1n) is 9.51. The van der Waals surface area contributed by atoms with E-state index in [0.717, 1.165) is 10.9 Å². The van der Waals surface area contributed by atoms with Crippen molar-refractivity contribution in [3.63, 3.8) is 0 Å². The summed E-state index contributed by atoms with van der Waals surface area (Å²) in [4.78, 5) is 17.0. The molecule has 0 saturated carbocycles. The number of aromatic nitrogens is 3. The summed E-state index contributed by atoms with van der Waals surface area (Å²) in [6.07, 6.45) is 1.28. The van der Waals surface area contributed by atoms with Crippen LogP contribution in [0.3, 0.4) is 0 Å². The molecule has 2 aromatic carbocycles. The quantitative estimate of drug-likeness (QED) is 0.485. The molecule has 0 bridgehead atoms. The highest BCUT2D eigenvalue weighted by Crippen LogP contribution is 2.22. The molecule has 7 heteroatoms. The van der Waals surface area contributed by atoms with E-state index in [1.165, 1.54) is 6.07 Å². The van der Waals surface area contributed by atoms with Gasteiger partial charge in [-0.2, -0.15) is 4.98 Å². The third-order valence-electron chi connectivity index (χ3n) is 4.75. The van der Waals surface area contributed by atoms with Crippen LogP contribution >= 0.6 is 0 Å². The Morgan fingerprint density at radius 1 is 1.17 bits per heavy atom. The van der Waals surface area contributed by atoms with E-state index >= 15 is 0 Å². The second-order valence-corrected chi connectivity index (χ2v) is 6.86. The van der Waals surface area contributed by atoms with Crippen LogP contribution in [0.15, 0.2) is 59.1 Å². The molecule has 0 aliphatic carbocycles. The summed E-state index contributed by atoms with van der Waals surface area (Å²) in [6, 6.07) is 16.2. The van der Waals surface area contributed by atoms with Crippen molar-refractivity contribution in [2.24, 2.45) is 0 Å². The van der Waals surface area contributed by atoms with Gasteiger partial charge in [-0.05, 0) is 31.5 Å². The van der Waals surface area contributed by atoms with Gasteiger partial charge in [0.05, 0.1) is 6.54 Å². The van der Waals surface area contributed by atoms with Crippen LogP contribution in [-0.2, 0) is 13.0 Å². The number of carbonyl (C=O) groups is 1. The lowest BCUT2D eigenvalue weighted by atomic mass is 10.2. The molecular weight excluding hydrogens is 371 g/mol. The predicted octanol–water partition coefficient (Wildman–Crippen LogP) is 3.88. The Labute approximate surface area is 167 Å². The molecule has 0 aliphatic rings. The summed E-state index contributed by atoms with van der Waals surface area (Å²) in [5.74, 6) is 0.679. The molecular formula is C22H21FN4O2. The number of aryl methyl sites for hydroxylation is 2. The molecule has 4 aromatic rings. The molecule has 2 heterocycles. The number of amides is 1. The number of carbonyl (C=O) groups excluding carboxylic acids is 1. The van der Waals surface area contributed by atoms with Gasteiger partial charge < -0.3 is 14.4 Å². The maximum absolute atomic E-state index is 14.2. The average molecular weight is 392 g/mol. The normalized spacial score (nSPS) is 11.1. The minimum atomic E-state index is -0.286. The molecule has 4 rings (SSSR count). The summed E-state index contributed by atoms with van der Waals surface area (Å²) < 4.78 is 21.1. The number of nitrogens with zero attached hydrogens (tertiary/aromatic N) is 3. The van der Waals surface area contributed by atoms with Crippen molar-refractivity contribution in [2.45, 2.75) is 26.3 Å². The second kappa shape index (κ2) is 8.26. The number of para-hydroxylation sites is 1. The third kappa shape index (κ3) is 4.18. The summed E-state index contributed by atoms with van der Waals surface area (Å²) in [7, 11) is 0. The predicted molar refractivity (Wildman–Crippen MR) is 107 cm³/mol. The number of nitrogens with one attached hydrogen (secondary N) is 1. The first kappa shape index (κ1) is 18.9. The SMILES string of the molecule is Cc1noc(CCCNC(=O)c2cc3ccccc3n2Cc2ccccc2F)n1. The summed E-state index contributed by atoms with van der Waals surface area (Å²) in [6.45, 7) is 2.52. The Balaban J connectivity index is 1.51. The molecule has 0 fully saturated rings. The molecule has 1 amide bonds. The van der Waals surface area contributed by atoms with Gasteiger partial charge in [0.25, 0.3) is 5.91 Å². The van der Waals surface area contributed by atoms with Crippen molar-refractivity contribution in [2.75, 3.05) is 6.54 Å². The highest BCUT2D eigenvalue weighted by Gasteiger charge is 2.16. The Hall–Kier alpha value is -3.48. The van der Waals surface area contributed by atoms with Crippen molar-refractivity contribution < 1.29 is 13.7 Å². The Kier molecular flexibility index (Phi) is 5.37. The fourth-order valence-corrected chi connectivity index (χ4v) is 3.34. The first-order chi connectivity index (χ1) is 14.1. The highest BCUT2D eigenvalue weighted by molar-refractivity contribution is 5.98. The maximum atomic E-state index is 14.2. The Morgan fingerprint density at radius 3 is 2.76 bits per heavy atom. The zero-order valence-corrected chi connectivity index (χ0v) is 16.1.